The van der Waals surface area contributed by atoms with E-state index in [0.29, 0.717) is 22.0 Å². The van der Waals surface area contributed by atoms with Gasteiger partial charge in [-0.25, -0.2) is 4.39 Å². The molecule has 7 heteroatoms. The van der Waals surface area contributed by atoms with Crippen molar-refractivity contribution in [2.75, 3.05) is 49.2 Å². The Bertz CT molecular complexity index is 773. The molecule has 0 radical (unpaired) electrons. The standard InChI is InChI=1S/C18H20ClFN4O/c1-23-6-8-24(9-7-23)17-11-16(14(19)10-15(17)21)22-18(25)12-2-4-13(20)5-3-12/h2-5,10-11H,6-9,21H2,1H3,(H,22,25). The molecule has 25 heavy (non-hydrogen) atoms. The summed E-state index contributed by atoms with van der Waals surface area (Å²) < 4.78 is 13.0. The van der Waals surface area contributed by atoms with Gasteiger partial charge in [0.25, 0.3) is 5.91 Å². The zero-order valence-electron chi connectivity index (χ0n) is 13.9. The predicted molar refractivity (Wildman–Crippen MR) is 99.9 cm³/mol. The number of nitrogens with zero attached hydrogens (tertiary/aromatic N) is 2. The first-order valence-corrected chi connectivity index (χ1v) is 8.41. The largest absolute Gasteiger partial charge is 0.397 e. The molecule has 2 aromatic carbocycles. The summed E-state index contributed by atoms with van der Waals surface area (Å²) in [7, 11) is 2.08. The molecular weight excluding hydrogens is 343 g/mol. The van der Waals surface area contributed by atoms with Gasteiger partial charge in [-0.2, -0.15) is 0 Å². The molecule has 1 amide bonds. The van der Waals surface area contributed by atoms with Crippen LogP contribution in [0.2, 0.25) is 5.02 Å². The molecule has 1 aliphatic rings. The lowest BCUT2D eigenvalue weighted by atomic mass is 10.1. The molecule has 0 bridgehead atoms. The van der Waals surface area contributed by atoms with Gasteiger partial charge in [0.05, 0.1) is 22.1 Å². The molecule has 1 fully saturated rings. The number of piperazine rings is 1. The number of nitrogen functional groups attached to an aromatic ring is 1. The zero-order valence-corrected chi connectivity index (χ0v) is 14.7. The Morgan fingerprint density at radius 2 is 1.80 bits per heavy atom. The van der Waals surface area contributed by atoms with Crippen LogP contribution >= 0.6 is 11.6 Å². The maximum Gasteiger partial charge on any atom is 0.255 e. The summed E-state index contributed by atoms with van der Waals surface area (Å²) in [6, 6.07) is 8.79. The van der Waals surface area contributed by atoms with Gasteiger partial charge < -0.3 is 20.9 Å². The molecule has 5 nitrogen and oxygen atoms in total. The number of nitrogens with two attached hydrogens (primary N) is 1. The topological polar surface area (TPSA) is 61.6 Å². The average Bonchev–Trinajstić information content (AvgIpc) is 2.59. The Hall–Kier alpha value is -2.31. The van der Waals surface area contributed by atoms with E-state index < -0.39 is 0 Å². The third kappa shape index (κ3) is 4.03. The minimum atomic E-state index is -0.389. The number of anilines is 3. The van der Waals surface area contributed by atoms with Crippen LogP contribution in [0.4, 0.5) is 21.5 Å². The van der Waals surface area contributed by atoms with Crippen LogP contribution in [0, 0.1) is 5.82 Å². The second-order valence-electron chi connectivity index (χ2n) is 6.14. The van der Waals surface area contributed by atoms with Crippen molar-refractivity contribution >= 4 is 34.6 Å². The van der Waals surface area contributed by atoms with Crippen LogP contribution in [0.5, 0.6) is 0 Å². The minimum Gasteiger partial charge on any atom is -0.397 e. The number of likely N-dealkylation sites (N-methyl/N-ethyl adjacent to an activating group) is 1. The van der Waals surface area contributed by atoms with Gasteiger partial charge in [0, 0.05) is 31.7 Å². The Labute approximate surface area is 151 Å². The first kappa shape index (κ1) is 17.5. The van der Waals surface area contributed by atoms with Crippen LogP contribution in [0.25, 0.3) is 0 Å². The molecule has 0 saturated carbocycles. The van der Waals surface area contributed by atoms with E-state index in [1.807, 2.05) is 0 Å². The van der Waals surface area contributed by atoms with Gasteiger partial charge in [-0.3, -0.25) is 4.79 Å². The molecule has 132 valence electrons. The van der Waals surface area contributed by atoms with Gasteiger partial charge in [-0.15, -0.1) is 0 Å². The third-order valence-electron chi connectivity index (χ3n) is 4.31. The number of carbonyl (C=O) groups excluding carboxylic acids is 1. The van der Waals surface area contributed by atoms with Crippen LogP contribution in [0.15, 0.2) is 36.4 Å². The van der Waals surface area contributed by atoms with Gasteiger partial charge in [0.1, 0.15) is 5.82 Å². The zero-order chi connectivity index (χ0) is 18.0. The van der Waals surface area contributed by atoms with Crippen LogP contribution in [-0.2, 0) is 0 Å². The number of halogens is 2. The van der Waals surface area contributed by atoms with Crippen LogP contribution in [-0.4, -0.2) is 44.0 Å². The maximum atomic E-state index is 13.0. The fourth-order valence-electron chi connectivity index (χ4n) is 2.79. The van der Waals surface area contributed by atoms with E-state index >= 15 is 0 Å². The molecule has 0 aromatic heterocycles. The smallest absolute Gasteiger partial charge is 0.255 e. The van der Waals surface area contributed by atoms with E-state index in [1.165, 1.54) is 24.3 Å². The number of benzene rings is 2. The Balaban J connectivity index is 1.82. The van der Waals surface area contributed by atoms with Crippen molar-refractivity contribution in [2.45, 2.75) is 0 Å². The molecule has 0 atom stereocenters. The number of hydrogen-bond acceptors (Lipinski definition) is 4. The molecule has 0 aliphatic carbocycles. The van der Waals surface area contributed by atoms with Crippen LogP contribution in [0.1, 0.15) is 10.4 Å². The summed E-state index contributed by atoms with van der Waals surface area (Å²) >= 11 is 6.24. The van der Waals surface area contributed by atoms with E-state index in [1.54, 1.807) is 12.1 Å². The van der Waals surface area contributed by atoms with Gasteiger partial charge >= 0.3 is 0 Å². The van der Waals surface area contributed by atoms with E-state index in [9.17, 15) is 9.18 Å². The fraction of sp³-hybridized carbons (Fsp3) is 0.278. The highest BCUT2D eigenvalue weighted by molar-refractivity contribution is 6.34. The van der Waals surface area contributed by atoms with Crippen molar-refractivity contribution in [3.63, 3.8) is 0 Å². The summed E-state index contributed by atoms with van der Waals surface area (Å²) in [5.41, 5.74) is 8.39. The van der Waals surface area contributed by atoms with Crippen molar-refractivity contribution in [3.8, 4) is 0 Å². The Morgan fingerprint density at radius 1 is 1.16 bits per heavy atom. The monoisotopic (exact) mass is 362 g/mol. The molecule has 2 aromatic rings. The van der Waals surface area contributed by atoms with E-state index in [-0.39, 0.29) is 11.7 Å². The van der Waals surface area contributed by atoms with Crippen LogP contribution < -0.4 is 16.0 Å². The summed E-state index contributed by atoms with van der Waals surface area (Å²) in [5.74, 6) is -0.740. The van der Waals surface area contributed by atoms with E-state index in [4.69, 9.17) is 17.3 Å². The molecular formula is C18H20ClFN4O. The second kappa shape index (κ2) is 7.29. The highest BCUT2D eigenvalue weighted by Crippen LogP contribution is 2.34. The molecule has 0 spiro atoms. The molecule has 1 heterocycles. The lowest BCUT2D eigenvalue weighted by molar-refractivity contribution is 0.102. The fourth-order valence-corrected chi connectivity index (χ4v) is 3.01. The third-order valence-corrected chi connectivity index (χ3v) is 4.63. The summed E-state index contributed by atoms with van der Waals surface area (Å²) in [5, 5.41) is 3.14. The number of amides is 1. The van der Waals surface area contributed by atoms with Crippen molar-refractivity contribution in [3.05, 3.63) is 52.8 Å². The quantitative estimate of drug-likeness (QED) is 0.824. The van der Waals surface area contributed by atoms with Gasteiger partial charge in [-0.1, -0.05) is 11.6 Å². The number of carbonyl (C=O) groups is 1. The lowest BCUT2D eigenvalue weighted by Crippen LogP contribution is -2.44. The normalized spacial score (nSPS) is 15.2. The SMILES string of the molecule is CN1CCN(c2cc(NC(=O)c3ccc(F)cc3)c(Cl)cc2N)CC1. The molecule has 3 N–H and O–H groups in total. The average molecular weight is 363 g/mol. The summed E-state index contributed by atoms with van der Waals surface area (Å²) in [6.07, 6.45) is 0. The first-order valence-electron chi connectivity index (χ1n) is 8.03. The van der Waals surface area contributed by atoms with Gasteiger partial charge in [-0.05, 0) is 43.4 Å². The molecule has 1 aliphatic heterocycles. The Kier molecular flexibility index (Phi) is 5.11. The highest BCUT2D eigenvalue weighted by Gasteiger charge is 2.19. The maximum absolute atomic E-state index is 13.0. The minimum absolute atomic E-state index is 0.351. The molecule has 0 unspecified atom stereocenters. The molecule has 3 rings (SSSR count). The summed E-state index contributed by atoms with van der Waals surface area (Å²) in [6.45, 7) is 3.60. The summed E-state index contributed by atoms with van der Waals surface area (Å²) in [4.78, 5) is 16.8. The van der Waals surface area contributed by atoms with Crippen molar-refractivity contribution < 1.29 is 9.18 Å². The van der Waals surface area contributed by atoms with Gasteiger partial charge in [0.15, 0.2) is 0 Å². The van der Waals surface area contributed by atoms with E-state index in [2.05, 4.69) is 22.2 Å². The van der Waals surface area contributed by atoms with Crippen molar-refractivity contribution in [1.82, 2.24) is 4.90 Å². The lowest BCUT2D eigenvalue weighted by Gasteiger charge is -2.35. The van der Waals surface area contributed by atoms with E-state index in [0.717, 1.165) is 31.9 Å². The van der Waals surface area contributed by atoms with Gasteiger partial charge in [0.2, 0.25) is 0 Å². The molecule has 1 saturated heterocycles. The van der Waals surface area contributed by atoms with Crippen molar-refractivity contribution in [2.24, 2.45) is 0 Å². The predicted octanol–water partition coefficient (Wildman–Crippen LogP) is 3.07. The number of nitrogens with one attached hydrogen (secondary N) is 1. The second-order valence-corrected chi connectivity index (χ2v) is 6.55. The number of hydrogen-bond donors (Lipinski definition) is 2. The highest BCUT2D eigenvalue weighted by atomic mass is 35.5. The first-order chi connectivity index (χ1) is 11.9. The number of rotatable bonds is 3. The Morgan fingerprint density at radius 3 is 2.44 bits per heavy atom. The van der Waals surface area contributed by atoms with Crippen molar-refractivity contribution in [1.29, 1.82) is 0 Å². The van der Waals surface area contributed by atoms with Crippen LogP contribution in [0.3, 0.4) is 0 Å².